The molecule has 1 rings (SSSR count). The van der Waals surface area contributed by atoms with Crippen molar-refractivity contribution in [2.24, 2.45) is 0 Å². The van der Waals surface area contributed by atoms with Crippen molar-refractivity contribution in [2.45, 2.75) is 29.7 Å². The van der Waals surface area contributed by atoms with Gasteiger partial charge in [-0.3, -0.25) is 4.39 Å². The van der Waals surface area contributed by atoms with Crippen molar-refractivity contribution in [2.75, 3.05) is 6.67 Å². The maximum absolute atomic E-state index is 12.7. The Morgan fingerprint density at radius 1 is 1.38 bits per heavy atom. The summed E-state index contributed by atoms with van der Waals surface area (Å²) in [5.74, 6) is -0.410. The predicted molar refractivity (Wildman–Crippen MR) is 61.8 cm³/mol. The highest BCUT2D eigenvalue weighted by Gasteiger charge is 2.10. The molecule has 0 N–H and O–H groups in total. The van der Waals surface area contributed by atoms with Crippen molar-refractivity contribution in [3.8, 4) is 6.07 Å². The van der Waals surface area contributed by atoms with E-state index >= 15 is 0 Å². The van der Waals surface area contributed by atoms with Crippen molar-refractivity contribution < 1.29 is 8.78 Å². The molecule has 0 aromatic heterocycles. The fourth-order valence-electron chi connectivity index (χ4n) is 1.38. The van der Waals surface area contributed by atoms with Crippen molar-refractivity contribution in [3.05, 3.63) is 29.8 Å². The van der Waals surface area contributed by atoms with Crippen LogP contribution in [-0.4, -0.2) is 12.2 Å². The van der Waals surface area contributed by atoms with Crippen molar-refractivity contribution >= 4 is 11.8 Å². The first kappa shape index (κ1) is 13.0. The Hall–Kier alpha value is -1.08. The molecule has 1 aromatic carbocycles. The number of nitriles is 1. The maximum atomic E-state index is 12.7. The van der Waals surface area contributed by atoms with Crippen LogP contribution in [-0.2, 0) is 0 Å². The zero-order valence-electron chi connectivity index (χ0n) is 8.99. The summed E-state index contributed by atoms with van der Waals surface area (Å²) in [7, 11) is 0. The molecular formula is C12H13F2NS. The lowest BCUT2D eigenvalue weighted by Crippen LogP contribution is -1.96. The summed E-state index contributed by atoms with van der Waals surface area (Å²) in [5, 5.41) is 8.84. The molecule has 0 aliphatic carbocycles. The van der Waals surface area contributed by atoms with Crippen LogP contribution in [0.25, 0.3) is 0 Å². The van der Waals surface area contributed by atoms with Gasteiger partial charge in [0.25, 0.3) is 0 Å². The normalized spacial score (nSPS) is 14.1. The molecule has 0 heterocycles. The summed E-state index contributed by atoms with van der Waals surface area (Å²) in [4.78, 5) is 0.815. The smallest absolute Gasteiger partial charge is 0.147 e. The third-order valence-corrected chi connectivity index (χ3v) is 3.00. The van der Waals surface area contributed by atoms with Gasteiger partial charge in [0.15, 0.2) is 0 Å². The van der Waals surface area contributed by atoms with Crippen LogP contribution in [0.15, 0.2) is 29.2 Å². The molecule has 16 heavy (non-hydrogen) atoms. The second-order valence-electron chi connectivity index (χ2n) is 3.39. The fraction of sp³-hybridized carbons (Fsp3) is 0.417. The third kappa shape index (κ3) is 3.82. The molecule has 1 nitrogen and oxygen atoms in total. The molecule has 4 heteroatoms. The first-order chi connectivity index (χ1) is 7.67. The average Bonchev–Trinajstić information content (AvgIpc) is 2.26. The third-order valence-electron chi connectivity index (χ3n) is 2.13. The van der Waals surface area contributed by atoms with Crippen molar-refractivity contribution in [1.29, 1.82) is 5.26 Å². The summed E-state index contributed by atoms with van der Waals surface area (Å²) in [6, 6.07) is 9.10. The van der Waals surface area contributed by atoms with E-state index in [0.29, 0.717) is 0 Å². The monoisotopic (exact) mass is 241 g/mol. The van der Waals surface area contributed by atoms with Gasteiger partial charge in [0, 0.05) is 4.90 Å². The van der Waals surface area contributed by atoms with Gasteiger partial charge in [-0.1, -0.05) is 23.9 Å². The van der Waals surface area contributed by atoms with E-state index in [2.05, 4.69) is 6.07 Å². The first-order valence-corrected chi connectivity index (χ1v) is 5.91. The molecule has 1 aromatic rings. The predicted octanol–water partition coefficient (Wildman–Crippen LogP) is 4.06. The highest BCUT2D eigenvalue weighted by atomic mass is 32.2. The molecule has 0 aliphatic rings. The molecule has 0 saturated carbocycles. The Bertz CT molecular complexity index is 356. The highest BCUT2D eigenvalue weighted by molar-refractivity contribution is 7.99. The van der Waals surface area contributed by atoms with Gasteiger partial charge in [0.2, 0.25) is 0 Å². The van der Waals surface area contributed by atoms with Crippen LogP contribution in [0, 0.1) is 11.3 Å². The molecule has 0 aliphatic heterocycles. The second kappa shape index (κ2) is 6.49. The van der Waals surface area contributed by atoms with Crippen LogP contribution in [0.2, 0.25) is 0 Å². The maximum Gasteiger partial charge on any atom is 0.147 e. The second-order valence-corrected chi connectivity index (χ2v) is 4.75. The number of rotatable bonds is 5. The van der Waals surface area contributed by atoms with E-state index < -0.39 is 18.1 Å². The molecule has 2 atom stereocenters. The molecule has 0 saturated heterocycles. The van der Waals surface area contributed by atoms with Crippen LogP contribution >= 0.6 is 11.8 Å². The molecule has 0 amide bonds. The molecule has 0 fully saturated rings. The summed E-state index contributed by atoms with van der Waals surface area (Å²) in [5.41, 5.74) is -0.167. The summed E-state index contributed by atoms with van der Waals surface area (Å²) in [6.07, 6.45) is 0.211. The number of thioether (sulfide) groups is 1. The fourth-order valence-corrected chi connectivity index (χ4v) is 2.05. The van der Waals surface area contributed by atoms with Crippen LogP contribution in [0.4, 0.5) is 8.78 Å². The number of hydrogen-bond acceptors (Lipinski definition) is 2. The first-order valence-electron chi connectivity index (χ1n) is 5.03. The lowest BCUT2D eigenvalue weighted by molar-refractivity contribution is 0.461. The number of benzene rings is 1. The van der Waals surface area contributed by atoms with Gasteiger partial charge in [-0.05, 0) is 31.0 Å². The van der Waals surface area contributed by atoms with Gasteiger partial charge in [0.1, 0.15) is 5.50 Å². The Kier molecular flexibility index (Phi) is 5.27. The molecule has 2 unspecified atom stereocenters. The van der Waals surface area contributed by atoms with Crippen LogP contribution in [0.1, 0.15) is 24.8 Å². The molecule has 0 spiro atoms. The summed E-state index contributed by atoms with van der Waals surface area (Å²) >= 11 is 1.12. The lowest BCUT2D eigenvalue weighted by Gasteiger charge is -2.08. The van der Waals surface area contributed by atoms with E-state index in [1.165, 1.54) is 6.92 Å². The van der Waals surface area contributed by atoms with E-state index in [-0.39, 0.29) is 6.42 Å². The van der Waals surface area contributed by atoms with Crippen LogP contribution < -0.4 is 0 Å². The Labute approximate surface area is 98.5 Å². The van der Waals surface area contributed by atoms with E-state index in [4.69, 9.17) is 5.26 Å². The standard InChI is InChI=1S/C12H13F2NS/c1-9(14)16-12-4-2-10(3-5-12)11(8-15)6-7-13/h2-5,9,11H,6-7H2,1H3. The van der Waals surface area contributed by atoms with Gasteiger partial charge in [-0.2, -0.15) is 5.26 Å². The van der Waals surface area contributed by atoms with Gasteiger partial charge >= 0.3 is 0 Å². The molecular weight excluding hydrogens is 228 g/mol. The van der Waals surface area contributed by atoms with E-state index in [1.807, 2.05) is 0 Å². The van der Waals surface area contributed by atoms with E-state index in [1.54, 1.807) is 24.3 Å². The Balaban J connectivity index is 2.74. The molecule has 0 bridgehead atoms. The molecule has 0 radical (unpaired) electrons. The SMILES string of the molecule is CC(F)Sc1ccc(C(C#N)CCF)cc1. The minimum absolute atomic E-state index is 0.211. The summed E-state index contributed by atoms with van der Waals surface area (Å²) < 4.78 is 24.9. The zero-order valence-corrected chi connectivity index (χ0v) is 9.81. The number of nitrogens with zero attached hydrogens (tertiary/aromatic N) is 1. The minimum atomic E-state index is -0.955. The number of alkyl halides is 2. The Morgan fingerprint density at radius 2 is 2.00 bits per heavy atom. The molecule has 86 valence electrons. The van der Waals surface area contributed by atoms with Crippen LogP contribution in [0.3, 0.4) is 0 Å². The number of halogens is 2. The number of hydrogen-bond donors (Lipinski definition) is 0. The van der Waals surface area contributed by atoms with Crippen molar-refractivity contribution in [3.63, 3.8) is 0 Å². The Morgan fingerprint density at radius 3 is 2.44 bits per heavy atom. The van der Waals surface area contributed by atoms with Gasteiger partial charge in [0.05, 0.1) is 18.7 Å². The van der Waals surface area contributed by atoms with Gasteiger partial charge in [-0.15, -0.1) is 0 Å². The van der Waals surface area contributed by atoms with Gasteiger partial charge in [-0.25, -0.2) is 4.39 Å². The van der Waals surface area contributed by atoms with E-state index in [9.17, 15) is 8.78 Å². The van der Waals surface area contributed by atoms with E-state index in [0.717, 1.165) is 22.2 Å². The largest absolute Gasteiger partial charge is 0.251 e. The van der Waals surface area contributed by atoms with Gasteiger partial charge < -0.3 is 0 Å². The summed E-state index contributed by atoms with van der Waals surface area (Å²) in [6.45, 7) is 0.968. The zero-order chi connectivity index (χ0) is 12.0. The lowest BCUT2D eigenvalue weighted by atomic mass is 9.98. The quantitative estimate of drug-likeness (QED) is 0.726. The topological polar surface area (TPSA) is 23.8 Å². The highest BCUT2D eigenvalue weighted by Crippen LogP contribution is 2.26. The van der Waals surface area contributed by atoms with Crippen molar-refractivity contribution in [1.82, 2.24) is 0 Å². The minimum Gasteiger partial charge on any atom is -0.251 e. The van der Waals surface area contributed by atoms with Crippen LogP contribution in [0.5, 0.6) is 0 Å². The average molecular weight is 241 g/mol.